The number of urea groups is 1. The Morgan fingerprint density at radius 1 is 0.950 bits per heavy atom. The van der Waals surface area contributed by atoms with Crippen LogP contribution in [0.5, 0.6) is 0 Å². The number of nitrogens with zero attached hydrogens (tertiary/aromatic N) is 4. The number of hydrogen-bond acceptors (Lipinski definition) is 2. The molecule has 0 fully saturated rings. The number of amidine groups is 1. The second-order valence-corrected chi connectivity index (χ2v) is 5.55. The summed E-state index contributed by atoms with van der Waals surface area (Å²) >= 11 is 0. The Labute approximate surface area is 120 Å². The fourth-order valence-corrected chi connectivity index (χ4v) is 1.91. The van der Waals surface area contributed by atoms with E-state index in [1.165, 1.54) is 15.6 Å². The monoisotopic (exact) mass is 273 g/mol. The highest BCUT2D eigenvalue weighted by Crippen LogP contribution is 2.16. The molecule has 0 N–H and O–H groups in total. The third-order valence-corrected chi connectivity index (χ3v) is 3.08. The third-order valence-electron chi connectivity index (χ3n) is 3.08. The van der Waals surface area contributed by atoms with Crippen LogP contribution in [0.4, 0.5) is 4.79 Å². The molecule has 0 unspecified atom stereocenters. The van der Waals surface area contributed by atoms with Gasteiger partial charge < -0.3 is 0 Å². The average molecular weight is 273 g/mol. The van der Waals surface area contributed by atoms with Gasteiger partial charge in [0.05, 0.1) is 12.1 Å². The molecule has 0 aliphatic carbocycles. The number of hydrazone groups is 1. The Balaban J connectivity index is 2.38. The highest BCUT2D eigenvalue weighted by molar-refractivity contribution is 6.01. The normalized spacial score (nSPS) is 15.8. The zero-order chi connectivity index (χ0) is 14.9. The van der Waals surface area contributed by atoms with Crippen LogP contribution in [0.3, 0.4) is 0 Å². The second kappa shape index (κ2) is 5.53. The quantitative estimate of drug-likeness (QED) is 0.835. The van der Waals surface area contributed by atoms with E-state index in [0.29, 0.717) is 5.84 Å². The molecule has 0 saturated heterocycles. The highest BCUT2D eigenvalue weighted by Gasteiger charge is 2.32. The molecule has 5 heteroatoms. The lowest BCUT2D eigenvalue weighted by Gasteiger charge is -2.35. The Morgan fingerprint density at radius 2 is 1.50 bits per heavy atom. The molecule has 1 aliphatic heterocycles. The molecule has 5 nitrogen and oxygen atoms in total. The molecule has 1 aromatic carbocycles. The first-order valence-corrected chi connectivity index (χ1v) is 6.90. The average Bonchev–Trinajstić information content (AvgIpc) is 2.39. The van der Waals surface area contributed by atoms with E-state index in [9.17, 15) is 4.79 Å². The van der Waals surface area contributed by atoms with Crippen LogP contribution in [-0.2, 0) is 0 Å². The first-order chi connectivity index (χ1) is 9.40. The van der Waals surface area contributed by atoms with E-state index >= 15 is 0 Å². The topological polar surface area (TPSA) is 50.0 Å². The smallest absolute Gasteiger partial charge is 0.244 e. The number of amides is 2. The molecule has 1 radical (unpaired) electrons. The Morgan fingerprint density at radius 3 is 2.00 bits per heavy atom. The van der Waals surface area contributed by atoms with Crippen LogP contribution < -0.4 is 5.43 Å². The first-order valence-electron chi connectivity index (χ1n) is 6.90. The van der Waals surface area contributed by atoms with Gasteiger partial charge >= 0.3 is 6.03 Å². The van der Waals surface area contributed by atoms with E-state index in [0.717, 1.165) is 5.56 Å². The van der Waals surface area contributed by atoms with Crippen molar-refractivity contribution in [3.63, 3.8) is 0 Å². The number of aryl methyl sites for hydroxylation is 1. The first kappa shape index (κ1) is 14.4. The lowest BCUT2D eigenvalue weighted by atomic mass is 10.1. The van der Waals surface area contributed by atoms with E-state index < -0.39 is 0 Å². The lowest BCUT2D eigenvalue weighted by molar-refractivity contribution is 0.104. The SMILES string of the molecule is Cc1ccc(C2=NN(C(C)C)C(=O)N(C(C)C)[N]2)cc1. The summed E-state index contributed by atoms with van der Waals surface area (Å²) in [7, 11) is 0. The minimum Gasteiger partial charge on any atom is -0.244 e. The molecular weight excluding hydrogens is 252 g/mol. The van der Waals surface area contributed by atoms with E-state index in [2.05, 4.69) is 10.5 Å². The number of hydrogen-bond donors (Lipinski definition) is 0. The predicted molar refractivity (Wildman–Crippen MR) is 79.2 cm³/mol. The molecule has 0 saturated carbocycles. The summed E-state index contributed by atoms with van der Waals surface area (Å²) in [5.41, 5.74) is 6.49. The van der Waals surface area contributed by atoms with Gasteiger partial charge in [-0.05, 0) is 34.6 Å². The maximum atomic E-state index is 12.3. The van der Waals surface area contributed by atoms with Gasteiger partial charge in [-0.3, -0.25) is 0 Å². The maximum Gasteiger partial charge on any atom is 0.361 e. The number of benzene rings is 1. The van der Waals surface area contributed by atoms with Gasteiger partial charge in [-0.1, -0.05) is 29.8 Å². The predicted octanol–water partition coefficient (Wildman–Crippen LogP) is 2.73. The third kappa shape index (κ3) is 2.76. The van der Waals surface area contributed by atoms with Crippen LogP contribution in [0.2, 0.25) is 0 Å². The van der Waals surface area contributed by atoms with Crippen molar-refractivity contribution < 1.29 is 4.79 Å². The molecule has 0 aromatic heterocycles. The summed E-state index contributed by atoms with van der Waals surface area (Å²) in [5.74, 6) is 0.576. The van der Waals surface area contributed by atoms with Gasteiger partial charge in [0.15, 0.2) is 5.84 Å². The van der Waals surface area contributed by atoms with Crippen molar-refractivity contribution in [3.05, 3.63) is 35.4 Å². The molecule has 0 spiro atoms. The molecule has 2 amide bonds. The van der Waals surface area contributed by atoms with Gasteiger partial charge in [0, 0.05) is 5.56 Å². The van der Waals surface area contributed by atoms with Crippen molar-refractivity contribution in [3.8, 4) is 0 Å². The lowest BCUT2D eigenvalue weighted by Crippen LogP contribution is -2.56. The minimum atomic E-state index is -0.175. The second-order valence-electron chi connectivity index (χ2n) is 5.55. The number of rotatable bonds is 3. The van der Waals surface area contributed by atoms with Gasteiger partial charge in [-0.2, -0.15) is 0 Å². The van der Waals surface area contributed by atoms with E-state index in [1.54, 1.807) is 0 Å². The Hall–Kier alpha value is -2.04. The van der Waals surface area contributed by atoms with Gasteiger partial charge in [0.2, 0.25) is 0 Å². The summed E-state index contributed by atoms with van der Waals surface area (Å²) in [6, 6.07) is 7.81. The molecule has 1 heterocycles. The van der Waals surface area contributed by atoms with Crippen LogP contribution in [0.25, 0.3) is 0 Å². The zero-order valence-corrected chi connectivity index (χ0v) is 12.7. The minimum absolute atomic E-state index is 0.000279. The number of carbonyl (C=O) groups is 1. The van der Waals surface area contributed by atoms with Crippen LogP contribution >= 0.6 is 0 Å². The van der Waals surface area contributed by atoms with Gasteiger partial charge in [-0.15, -0.1) is 10.5 Å². The van der Waals surface area contributed by atoms with Crippen molar-refractivity contribution in [2.45, 2.75) is 46.7 Å². The largest absolute Gasteiger partial charge is 0.361 e. The standard InChI is InChI=1S/C15H21N4O/c1-10(2)18-15(20)19(11(3)4)17-14(16-18)13-8-6-12(5)7-9-13/h6-11H,1-5H3. The molecule has 20 heavy (non-hydrogen) atoms. The molecule has 2 rings (SSSR count). The summed E-state index contributed by atoms with van der Waals surface area (Å²) in [5, 5.41) is 7.36. The number of carbonyl (C=O) groups excluding carboxylic acids is 1. The van der Waals surface area contributed by atoms with Gasteiger partial charge in [0.1, 0.15) is 0 Å². The van der Waals surface area contributed by atoms with E-state index in [4.69, 9.17) is 0 Å². The van der Waals surface area contributed by atoms with Crippen molar-refractivity contribution in [2.24, 2.45) is 5.10 Å². The van der Waals surface area contributed by atoms with Crippen molar-refractivity contribution >= 4 is 11.9 Å². The summed E-state index contributed by atoms with van der Waals surface area (Å²) in [6.07, 6.45) is 0. The molecule has 0 bridgehead atoms. The molecule has 107 valence electrons. The van der Waals surface area contributed by atoms with Gasteiger partial charge in [0.25, 0.3) is 0 Å². The highest BCUT2D eigenvalue weighted by atomic mass is 16.2. The van der Waals surface area contributed by atoms with E-state index in [1.807, 2.05) is 58.9 Å². The summed E-state index contributed by atoms with van der Waals surface area (Å²) in [4.78, 5) is 12.3. The van der Waals surface area contributed by atoms with Crippen molar-refractivity contribution in [2.75, 3.05) is 0 Å². The molecular formula is C15H21N4O. The molecule has 0 atom stereocenters. The Kier molecular flexibility index (Phi) is 3.97. The molecule has 1 aromatic rings. The van der Waals surface area contributed by atoms with Crippen LogP contribution in [-0.4, -0.2) is 34.0 Å². The van der Waals surface area contributed by atoms with Gasteiger partial charge in [-0.25, -0.2) is 14.8 Å². The van der Waals surface area contributed by atoms with Crippen molar-refractivity contribution in [1.29, 1.82) is 0 Å². The summed E-state index contributed by atoms with van der Waals surface area (Å²) < 4.78 is 0. The Bertz CT molecular complexity index is 519. The molecule has 1 aliphatic rings. The summed E-state index contributed by atoms with van der Waals surface area (Å²) in [6.45, 7) is 9.81. The zero-order valence-electron chi connectivity index (χ0n) is 12.7. The maximum absolute atomic E-state index is 12.3. The fraction of sp³-hybridized carbons (Fsp3) is 0.467. The van der Waals surface area contributed by atoms with Crippen molar-refractivity contribution in [1.82, 2.24) is 15.4 Å². The van der Waals surface area contributed by atoms with Crippen LogP contribution in [0.15, 0.2) is 29.4 Å². The van der Waals surface area contributed by atoms with E-state index in [-0.39, 0.29) is 18.1 Å². The van der Waals surface area contributed by atoms with Crippen LogP contribution in [0, 0.1) is 6.92 Å². The fourth-order valence-electron chi connectivity index (χ4n) is 1.91. The van der Waals surface area contributed by atoms with Crippen LogP contribution in [0.1, 0.15) is 38.8 Å².